The molecule has 0 aliphatic carbocycles. The number of nitrogens with zero attached hydrogens (tertiary/aromatic N) is 1. The summed E-state index contributed by atoms with van der Waals surface area (Å²) in [5.41, 5.74) is 6.53. The summed E-state index contributed by atoms with van der Waals surface area (Å²) >= 11 is 0. The van der Waals surface area contributed by atoms with Crippen molar-refractivity contribution in [3.63, 3.8) is 0 Å². The second kappa shape index (κ2) is 4.94. The molecule has 1 aliphatic rings. The minimum atomic E-state index is 0.295. The third-order valence-corrected chi connectivity index (χ3v) is 2.47. The minimum Gasteiger partial charge on any atom is -0.475 e. The maximum Gasteiger partial charge on any atom is 0.216 e. The minimum absolute atomic E-state index is 0.295. The fourth-order valence-corrected chi connectivity index (χ4v) is 1.66. The zero-order valence-electron chi connectivity index (χ0n) is 8.73. The van der Waals surface area contributed by atoms with Crippen LogP contribution in [0.1, 0.15) is 18.4 Å². The number of nitrogens with two attached hydrogens (primary N) is 1. The van der Waals surface area contributed by atoms with Gasteiger partial charge in [0.15, 0.2) is 0 Å². The van der Waals surface area contributed by atoms with Crippen LogP contribution >= 0.6 is 0 Å². The molecule has 3 heteroatoms. The van der Waals surface area contributed by atoms with Crippen molar-refractivity contribution in [1.29, 1.82) is 0 Å². The predicted molar refractivity (Wildman–Crippen MR) is 61.0 cm³/mol. The summed E-state index contributed by atoms with van der Waals surface area (Å²) in [5, 5.41) is 0. The monoisotopic (exact) mass is 204 g/mol. The lowest BCUT2D eigenvalue weighted by Crippen LogP contribution is -2.09. The summed E-state index contributed by atoms with van der Waals surface area (Å²) < 4.78 is 5.56. The Balaban J connectivity index is 2.00. The summed E-state index contributed by atoms with van der Waals surface area (Å²) in [5.74, 6) is 0.776. The van der Waals surface area contributed by atoms with Crippen LogP contribution in [-0.4, -0.2) is 25.1 Å². The van der Waals surface area contributed by atoms with Crippen LogP contribution in [0.15, 0.2) is 35.3 Å². The molecule has 0 amide bonds. The molecule has 1 heterocycles. The first-order chi connectivity index (χ1) is 7.40. The number of hydrogen-bond donors (Lipinski definition) is 1. The normalized spacial score (nSPS) is 19.8. The Morgan fingerprint density at radius 1 is 1.33 bits per heavy atom. The largest absolute Gasteiger partial charge is 0.475 e. The molecule has 1 unspecified atom stereocenters. The maximum absolute atomic E-state index is 5.56. The highest BCUT2D eigenvalue weighted by atomic mass is 16.5. The van der Waals surface area contributed by atoms with Crippen molar-refractivity contribution < 1.29 is 4.74 Å². The molecule has 1 atom stereocenters. The van der Waals surface area contributed by atoms with Crippen molar-refractivity contribution in [2.24, 2.45) is 10.7 Å². The Labute approximate surface area is 90.0 Å². The van der Waals surface area contributed by atoms with E-state index < -0.39 is 0 Å². The van der Waals surface area contributed by atoms with Crippen LogP contribution in [0.5, 0.6) is 0 Å². The first-order valence-corrected chi connectivity index (χ1v) is 5.36. The van der Waals surface area contributed by atoms with Gasteiger partial charge in [0.25, 0.3) is 0 Å². The van der Waals surface area contributed by atoms with Gasteiger partial charge in [0.05, 0.1) is 6.04 Å². The smallest absolute Gasteiger partial charge is 0.216 e. The molecular weight excluding hydrogens is 188 g/mol. The summed E-state index contributed by atoms with van der Waals surface area (Å²) in [4.78, 5) is 4.53. The topological polar surface area (TPSA) is 47.6 Å². The van der Waals surface area contributed by atoms with Crippen LogP contribution in [0.3, 0.4) is 0 Å². The van der Waals surface area contributed by atoms with E-state index in [1.54, 1.807) is 0 Å². The highest BCUT2D eigenvalue weighted by Gasteiger charge is 2.18. The predicted octanol–water partition coefficient (Wildman–Crippen LogP) is 1.57. The first kappa shape index (κ1) is 10.2. The van der Waals surface area contributed by atoms with Crippen LogP contribution in [0.25, 0.3) is 0 Å². The lowest BCUT2D eigenvalue weighted by molar-refractivity contribution is 0.311. The molecule has 1 aromatic rings. The molecule has 0 aromatic heterocycles. The van der Waals surface area contributed by atoms with Crippen LogP contribution in [0.2, 0.25) is 0 Å². The number of benzene rings is 1. The van der Waals surface area contributed by atoms with Crippen LogP contribution in [0.4, 0.5) is 0 Å². The van der Waals surface area contributed by atoms with Crippen LogP contribution in [-0.2, 0) is 4.74 Å². The molecule has 1 aliphatic heterocycles. The molecule has 0 bridgehead atoms. The Morgan fingerprint density at radius 3 is 2.87 bits per heavy atom. The highest BCUT2D eigenvalue weighted by molar-refractivity contribution is 5.95. The number of aliphatic imine (C=N–C) groups is 1. The van der Waals surface area contributed by atoms with E-state index >= 15 is 0 Å². The van der Waals surface area contributed by atoms with Crippen molar-refractivity contribution >= 4 is 5.90 Å². The third kappa shape index (κ3) is 2.57. The fraction of sp³-hybridized carbons (Fsp3) is 0.417. The lowest BCUT2D eigenvalue weighted by atomic mass is 10.2. The summed E-state index contributed by atoms with van der Waals surface area (Å²) in [6, 6.07) is 10.3. The van der Waals surface area contributed by atoms with Gasteiger partial charge >= 0.3 is 0 Å². The zero-order chi connectivity index (χ0) is 10.5. The van der Waals surface area contributed by atoms with E-state index in [9.17, 15) is 0 Å². The van der Waals surface area contributed by atoms with Gasteiger partial charge in [-0.25, -0.2) is 4.99 Å². The Hall–Kier alpha value is -1.35. The molecule has 0 spiro atoms. The molecule has 3 nitrogen and oxygen atoms in total. The van der Waals surface area contributed by atoms with Crippen molar-refractivity contribution in [1.82, 2.24) is 0 Å². The van der Waals surface area contributed by atoms with Gasteiger partial charge < -0.3 is 10.5 Å². The van der Waals surface area contributed by atoms with E-state index in [1.165, 1.54) is 0 Å². The second-order valence-electron chi connectivity index (χ2n) is 3.70. The zero-order valence-corrected chi connectivity index (χ0v) is 8.73. The van der Waals surface area contributed by atoms with Gasteiger partial charge in [-0.05, 0) is 31.5 Å². The average molecular weight is 204 g/mol. The Kier molecular flexibility index (Phi) is 3.35. The van der Waals surface area contributed by atoms with Gasteiger partial charge in [0, 0.05) is 5.56 Å². The molecule has 0 saturated heterocycles. The number of rotatable bonds is 4. The maximum atomic E-state index is 5.56. The van der Waals surface area contributed by atoms with Crippen LogP contribution in [0, 0.1) is 0 Å². The highest BCUT2D eigenvalue weighted by Crippen LogP contribution is 2.14. The van der Waals surface area contributed by atoms with Crippen molar-refractivity contribution in [3.8, 4) is 0 Å². The second-order valence-corrected chi connectivity index (χ2v) is 3.70. The SMILES string of the molecule is NCCCC1COC(c2ccccc2)=N1. The van der Waals surface area contributed by atoms with Gasteiger partial charge in [-0.2, -0.15) is 0 Å². The van der Waals surface area contributed by atoms with Crippen molar-refractivity contribution in [2.45, 2.75) is 18.9 Å². The molecule has 0 fully saturated rings. The Bertz CT molecular complexity index is 335. The van der Waals surface area contributed by atoms with Gasteiger partial charge in [0.1, 0.15) is 6.61 Å². The summed E-state index contributed by atoms with van der Waals surface area (Å²) in [6.07, 6.45) is 2.03. The van der Waals surface area contributed by atoms with Gasteiger partial charge in [-0.1, -0.05) is 18.2 Å². The quantitative estimate of drug-likeness (QED) is 0.809. The molecular formula is C12H16N2O. The first-order valence-electron chi connectivity index (χ1n) is 5.36. The van der Waals surface area contributed by atoms with E-state index in [-0.39, 0.29) is 0 Å². The van der Waals surface area contributed by atoms with E-state index in [4.69, 9.17) is 10.5 Å². The fourth-order valence-electron chi connectivity index (χ4n) is 1.66. The van der Waals surface area contributed by atoms with E-state index in [2.05, 4.69) is 4.99 Å². The van der Waals surface area contributed by atoms with Crippen molar-refractivity contribution in [3.05, 3.63) is 35.9 Å². The molecule has 1 aromatic carbocycles. The molecule has 0 saturated carbocycles. The number of hydrogen-bond acceptors (Lipinski definition) is 3. The van der Waals surface area contributed by atoms with E-state index in [0.29, 0.717) is 12.6 Å². The van der Waals surface area contributed by atoms with Gasteiger partial charge in [-0.15, -0.1) is 0 Å². The average Bonchev–Trinajstić information content (AvgIpc) is 2.76. The molecule has 0 radical (unpaired) electrons. The third-order valence-electron chi connectivity index (χ3n) is 2.47. The molecule has 2 rings (SSSR count). The van der Waals surface area contributed by atoms with E-state index in [1.807, 2.05) is 30.3 Å². The lowest BCUT2D eigenvalue weighted by Gasteiger charge is -2.01. The van der Waals surface area contributed by atoms with Gasteiger partial charge in [0.2, 0.25) is 5.90 Å². The standard InChI is InChI=1S/C12H16N2O/c13-8-4-7-11-9-15-12(14-11)10-5-2-1-3-6-10/h1-3,5-6,11H,4,7-9,13H2. The molecule has 80 valence electrons. The summed E-state index contributed by atoms with van der Waals surface area (Å²) in [6.45, 7) is 1.43. The Morgan fingerprint density at radius 2 is 2.13 bits per heavy atom. The molecule has 2 N–H and O–H groups in total. The van der Waals surface area contributed by atoms with Gasteiger partial charge in [-0.3, -0.25) is 0 Å². The van der Waals surface area contributed by atoms with Crippen molar-refractivity contribution in [2.75, 3.05) is 13.2 Å². The molecule has 15 heavy (non-hydrogen) atoms. The number of ether oxygens (including phenoxy) is 1. The van der Waals surface area contributed by atoms with E-state index in [0.717, 1.165) is 30.8 Å². The summed E-state index contributed by atoms with van der Waals surface area (Å²) in [7, 11) is 0. The van der Waals surface area contributed by atoms with Crippen LogP contribution < -0.4 is 5.73 Å².